The van der Waals surface area contributed by atoms with Crippen molar-refractivity contribution in [2.24, 2.45) is 9.98 Å². The minimum atomic E-state index is -0.731. The van der Waals surface area contributed by atoms with Crippen LogP contribution in [0.4, 0.5) is 20.2 Å². The predicted molar refractivity (Wildman–Crippen MR) is 113 cm³/mol. The summed E-state index contributed by atoms with van der Waals surface area (Å²) in [7, 11) is 0. The molecule has 0 aromatic heterocycles. The van der Waals surface area contributed by atoms with Gasteiger partial charge in [0.05, 0.1) is 17.1 Å². The summed E-state index contributed by atoms with van der Waals surface area (Å²) in [5.41, 5.74) is 1.19. The molecule has 1 unspecified atom stereocenters. The first-order valence-electron chi connectivity index (χ1n) is 9.45. The number of fused-ring (bicyclic) bond motifs is 3. The Morgan fingerprint density at radius 3 is 2.83 bits per heavy atom. The highest BCUT2D eigenvalue weighted by Crippen LogP contribution is 2.34. The van der Waals surface area contributed by atoms with Gasteiger partial charge in [0.1, 0.15) is 23.5 Å². The zero-order valence-corrected chi connectivity index (χ0v) is 16.9. The fourth-order valence-electron chi connectivity index (χ4n) is 3.27. The number of carbonyl (C=O) groups excluding carboxylic acids is 2. The topological polar surface area (TPSA) is 74.1 Å². The Balaban J connectivity index is 1.54. The van der Waals surface area contributed by atoms with Crippen LogP contribution in [-0.4, -0.2) is 39.5 Å². The molecule has 0 aliphatic carbocycles. The van der Waals surface area contributed by atoms with Gasteiger partial charge in [0.2, 0.25) is 5.91 Å². The molecule has 2 aliphatic rings. The maximum absolute atomic E-state index is 13.8. The number of hydrogen-bond donors (Lipinski definition) is 1. The molecule has 1 atom stereocenters. The molecule has 2 aromatic carbocycles. The number of carbonyl (C=O) groups is 2. The number of benzene rings is 2. The van der Waals surface area contributed by atoms with E-state index < -0.39 is 23.6 Å². The number of hydrogen-bond acceptors (Lipinski definition) is 5. The van der Waals surface area contributed by atoms with E-state index >= 15 is 0 Å². The van der Waals surface area contributed by atoms with Gasteiger partial charge in [0, 0.05) is 11.6 Å². The van der Waals surface area contributed by atoms with E-state index in [0.29, 0.717) is 23.1 Å². The standard InChI is InChI=1S/C21H18F2N4O2S/c1-2-5-16-20(29)27-19(25-16)13-6-3-4-7-15(13)26-21(27)30-11-18(28)24-17-10-12(22)8-9-14(17)23/h3-4,6-10,16H,2,5,11H2,1H3,(H,24,28). The van der Waals surface area contributed by atoms with E-state index in [-0.39, 0.29) is 17.3 Å². The van der Waals surface area contributed by atoms with Crippen LogP contribution in [0.5, 0.6) is 0 Å². The summed E-state index contributed by atoms with van der Waals surface area (Å²) < 4.78 is 27.1. The molecule has 2 aliphatic heterocycles. The Kier molecular flexibility index (Phi) is 5.63. The normalized spacial score (nSPS) is 17.2. The number of anilines is 1. The second-order valence-electron chi connectivity index (χ2n) is 6.80. The zero-order valence-electron chi connectivity index (χ0n) is 16.1. The number of para-hydroxylation sites is 1. The van der Waals surface area contributed by atoms with Gasteiger partial charge in [0.15, 0.2) is 5.17 Å². The number of nitrogens with one attached hydrogen (secondary N) is 1. The van der Waals surface area contributed by atoms with Crippen LogP contribution in [0.2, 0.25) is 0 Å². The molecule has 6 nitrogen and oxygen atoms in total. The maximum Gasteiger partial charge on any atom is 0.259 e. The Bertz CT molecular complexity index is 1090. The van der Waals surface area contributed by atoms with Crippen molar-refractivity contribution in [2.45, 2.75) is 25.8 Å². The van der Waals surface area contributed by atoms with Gasteiger partial charge in [-0.3, -0.25) is 14.6 Å². The number of nitrogens with zero attached hydrogens (tertiary/aromatic N) is 3. The monoisotopic (exact) mass is 428 g/mol. The SMILES string of the molecule is CCCC1N=C2c3ccccc3N=C(SCC(=O)Nc3cc(F)ccc3F)N2C1=O. The second kappa shape index (κ2) is 8.35. The van der Waals surface area contributed by atoms with Crippen molar-refractivity contribution < 1.29 is 18.4 Å². The number of thioether (sulfide) groups is 1. The smallest absolute Gasteiger partial charge is 0.259 e. The van der Waals surface area contributed by atoms with E-state index in [4.69, 9.17) is 0 Å². The van der Waals surface area contributed by atoms with Crippen molar-refractivity contribution in [1.82, 2.24) is 4.90 Å². The van der Waals surface area contributed by atoms with Crippen molar-refractivity contribution in [1.29, 1.82) is 0 Å². The highest BCUT2D eigenvalue weighted by atomic mass is 32.2. The van der Waals surface area contributed by atoms with Gasteiger partial charge >= 0.3 is 0 Å². The number of aliphatic imine (C=N–C) groups is 2. The minimum absolute atomic E-state index is 0.132. The van der Waals surface area contributed by atoms with E-state index in [9.17, 15) is 18.4 Å². The Hall–Kier alpha value is -3.07. The molecule has 2 heterocycles. The number of amides is 2. The quantitative estimate of drug-likeness (QED) is 0.779. The lowest BCUT2D eigenvalue weighted by Crippen LogP contribution is -2.41. The van der Waals surface area contributed by atoms with E-state index in [1.54, 1.807) is 0 Å². The van der Waals surface area contributed by atoms with Crippen molar-refractivity contribution in [3.8, 4) is 0 Å². The number of rotatable bonds is 5. The summed E-state index contributed by atoms with van der Waals surface area (Å²) in [6.45, 7) is 1.98. The van der Waals surface area contributed by atoms with Crippen LogP contribution in [0.3, 0.4) is 0 Å². The van der Waals surface area contributed by atoms with Gasteiger partial charge in [-0.15, -0.1) is 0 Å². The molecule has 0 bridgehead atoms. The molecule has 0 radical (unpaired) electrons. The molecular formula is C21H18F2N4O2S. The lowest BCUT2D eigenvalue weighted by Gasteiger charge is -2.25. The van der Waals surface area contributed by atoms with Crippen LogP contribution in [0.15, 0.2) is 52.4 Å². The van der Waals surface area contributed by atoms with Crippen LogP contribution in [0.25, 0.3) is 0 Å². The maximum atomic E-state index is 13.8. The van der Waals surface area contributed by atoms with Gasteiger partial charge in [-0.25, -0.2) is 18.7 Å². The van der Waals surface area contributed by atoms with Crippen LogP contribution in [0.1, 0.15) is 25.3 Å². The van der Waals surface area contributed by atoms with E-state index in [1.165, 1.54) is 4.90 Å². The van der Waals surface area contributed by atoms with Crippen molar-refractivity contribution in [3.63, 3.8) is 0 Å². The fraction of sp³-hybridized carbons (Fsp3) is 0.238. The summed E-state index contributed by atoms with van der Waals surface area (Å²) in [6.07, 6.45) is 1.43. The molecule has 1 N–H and O–H groups in total. The minimum Gasteiger partial charge on any atom is -0.323 e. The van der Waals surface area contributed by atoms with E-state index in [1.807, 2.05) is 31.2 Å². The molecule has 4 rings (SSSR count). The Labute approximate surface area is 176 Å². The Morgan fingerprint density at radius 2 is 2.03 bits per heavy atom. The third-order valence-electron chi connectivity index (χ3n) is 4.64. The molecule has 2 amide bonds. The first kappa shape index (κ1) is 20.2. The van der Waals surface area contributed by atoms with Crippen molar-refractivity contribution >= 4 is 46.0 Å². The predicted octanol–water partition coefficient (Wildman–Crippen LogP) is 4.10. The second-order valence-corrected chi connectivity index (χ2v) is 7.75. The first-order valence-corrected chi connectivity index (χ1v) is 10.4. The summed E-state index contributed by atoms with van der Waals surface area (Å²) in [6, 6.07) is 9.71. The van der Waals surface area contributed by atoms with Gasteiger partial charge in [0.25, 0.3) is 5.91 Å². The van der Waals surface area contributed by atoms with Gasteiger partial charge in [-0.05, 0) is 30.7 Å². The van der Waals surface area contributed by atoms with Crippen LogP contribution in [0, 0.1) is 11.6 Å². The Morgan fingerprint density at radius 1 is 1.23 bits per heavy atom. The molecule has 9 heteroatoms. The zero-order chi connectivity index (χ0) is 21.3. The summed E-state index contributed by atoms with van der Waals surface area (Å²) in [4.78, 5) is 35.8. The largest absolute Gasteiger partial charge is 0.323 e. The molecule has 0 fully saturated rings. The highest BCUT2D eigenvalue weighted by molar-refractivity contribution is 8.14. The van der Waals surface area contributed by atoms with Crippen LogP contribution >= 0.6 is 11.8 Å². The number of halogens is 2. The number of amidine groups is 2. The molecular weight excluding hydrogens is 410 g/mol. The molecule has 0 saturated carbocycles. The average Bonchev–Trinajstić information content (AvgIpc) is 3.06. The molecule has 30 heavy (non-hydrogen) atoms. The van der Waals surface area contributed by atoms with Gasteiger partial charge < -0.3 is 5.32 Å². The summed E-state index contributed by atoms with van der Waals surface area (Å²) >= 11 is 1.04. The lowest BCUT2D eigenvalue weighted by atomic mass is 10.1. The molecule has 0 spiro atoms. The molecule has 154 valence electrons. The average molecular weight is 428 g/mol. The fourth-order valence-corrected chi connectivity index (χ4v) is 4.07. The lowest BCUT2D eigenvalue weighted by molar-refractivity contribution is -0.124. The van der Waals surface area contributed by atoms with Crippen molar-refractivity contribution in [2.75, 3.05) is 11.1 Å². The third kappa shape index (κ3) is 3.85. The molecule has 2 aromatic rings. The van der Waals surface area contributed by atoms with Crippen molar-refractivity contribution in [3.05, 3.63) is 59.7 Å². The van der Waals surface area contributed by atoms with E-state index in [0.717, 1.165) is 41.9 Å². The van der Waals surface area contributed by atoms with Crippen LogP contribution < -0.4 is 5.32 Å². The summed E-state index contributed by atoms with van der Waals surface area (Å²) in [5.74, 6) is -1.70. The summed E-state index contributed by atoms with van der Waals surface area (Å²) in [5, 5.41) is 2.69. The van der Waals surface area contributed by atoms with E-state index in [2.05, 4.69) is 15.3 Å². The first-order chi connectivity index (χ1) is 14.5. The highest BCUT2D eigenvalue weighted by Gasteiger charge is 2.40. The van der Waals surface area contributed by atoms with Crippen LogP contribution in [-0.2, 0) is 9.59 Å². The third-order valence-corrected chi connectivity index (χ3v) is 5.58. The molecule has 0 saturated heterocycles. The van der Waals surface area contributed by atoms with Gasteiger partial charge in [-0.2, -0.15) is 0 Å². The van der Waals surface area contributed by atoms with Gasteiger partial charge in [-0.1, -0.05) is 37.2 Å².